The molecule has 3 atom stereocenters. The summed E-state index contributed by atoms with van der Waals surface area (Å²) in [7, 11) is 0. The fourth-order valence-corrected chi connectivity index (χ4v) is 3.49. The van der Waals surface area contributed by atoms with Crippen molar-refractivity contribution in [1.82, 2.24) is 0 Å². The fraction of sp³-hybridized carbons (Fsp3) is 0.316. The van der Waals surface area contributed by atoms with E-state index in [2.05, 4.69) is 11.4 Å². The maximum absolute atomic E-state index is 14.3. The molecule has 0 saturated carbocycles. The van der Waals surface area contributed by atoms with Crippen molar-refractivity contribution >= 4 is 5.69 Å². The molecule has 2 aliphatic heterocycles. The molecule has 2 heterocycles. The molecule has 0 bridgehead atoms. The van der Waals surface area contributed by atoms with Gasteiger partial charge in [0.15, 0.2) is 0 Å². The molecule has 1 N–H and O–H groups in total. The molecule has 1 fully saturated rings. The molecule has 5 heteroatoms. The third kappa shape index (κ3) is 2.54. The summed E-state index contributed by atoms with van der Waals surface area (Å²) < 4.78 is 26.2. The topological polar surface area (TPSA) is 54.3 Å². The van der Waals surface area contributed by atoms with Crippen LogP contribution in [0, 0.1) is 17.1 Å². The molecular formula is C19H17FN2O2. The van der Waals surface area contributed by atoms with Crippen LogP contribution in [-0.2, 0) is 15.9 Å². The van der Waals surface area contributed by atoms with Crippen LogP contribution in [-0.4, -0.2) is 19.3 Å². The molecule has 2 aromatic carbocycles. The Labute approximate surface area is 139 Å². The molecule has 4 nitrogen and oxygen atoms in total. The van der Waals surface area contributed by atoms with Gasteiger partial charge in [-0.2, -0.15) is 5.26 Å². The molecule has 3 unspecified atom stereocenters. The van der Waals surface area contributed by atoms with Gasteiger partial charge in [-0.3, -0.25) is 0 Å². The fourth-order valence-electron chi connectivity index (χ4n) is 3.49. The average molecular weight is 324 g/mol. The molecule has 0 radical (unpaired) electrons. The Hall–Kier alpha value is -2.42. The normalized spacial score (nSPS) is 25.1. The highest BCUT2D eigenvalue weighted by atomic mass is 19.1. The van der Waals surface area contributed by atoms with Crippen LogP contribution in [0.5, 0.6) is 0 Å². The number of halogens is 1. The van der Waals surface area contributed by atoms with Crippen molar-refractivity contribution < 1.29 is 13.9 Å². The summed E-state index contributed by atoms with van der Waals surface area (Å²) in [6.07, 6.45) is -0.221. The zero-order valence-electron chi connectivity index (χ0n) is 13.0. The van der Waals surface area contributed by atoms with Gasteiger partial charge in [0.2, 0.25) is 0 Å². The summed E-state index contributed by atoms with van der Waals surface area (Å²) in [5, 5.41) is 12.3. The number of hydrogen-bond donors (Lipinski definition) is 1. The molecule has 2 aliphatic rings. The van der Waals surface area contributed by atoms with Gasteiger partial charge in [0.25, 0.3) is 0 Å². The van der Waals surface area contributed by atoms with Crippen LogP contribution >= 0.6 is 0 Å². The highest BCUT2D eigenvalue weighted by Crippen LogP contribution is 2.44. The third-order valence-corrected chi connectivity index (χ3v) is 4.57. The molecule has 122 valence electrons. The van der Waals surface area contributed by atoms with Gasteiger partial charge in [0, 0.05) is 16.8 Å². The monoisotopic (exact) mass is 324 g/mol. The lowest BCUT2D eigenvalue weighted by Crippen LogP contribution is -2.43. The molecule has 24 heavy (non-hydrogen) atoms. The summed E-state index contributed by atoms with van der Waals surface area (Å²) >= 11 is 0. The second kappa shape index (κ2) is 6.23. The van der Waals surface area contributed by atoms with Gasteiger partial charge in [0.05, 0.1) is 31.7 Å². The van der Waals surface area contributed by atoms with E-state index >= 15 is 0 Å². The third-order valence-electron chi connectivity index (χ3n) is 4.57. The number of nitriles is 1. The van der Waals surface area contributed by atoms with Crippen molar-refractivity contribution in [1.29, 1.82) is 5.26 Å². The van der Waals surface area contributed by atoms with E-state index in [-0.39, 0.29) is 24.1 Å². The van der Waals surface area contributed by atoms with Gasteiger partial charge in [-0.25, -0.2) is 4.39 Å². The van der Waals surface area contributed by atoms with Gasteiger partial charge in [-0.15, -0.1) is 0 Å². The van der Waals surface area contributed by atoms with E-state index in [0.29, 0.717) is 25.2 Å². The van der Waals surface area contributed by atoms with Crippen LogP contribution in [0.25, 0.3) is 0 Å². The largest absolute Gasteiger partial charge is 0.375 e. The predicted molar refractivity (Wildman–Crippen MR) is 87.0 cm³/mol. The quantitative estimate of drug-likeness (QED) is 0.918. The average Bonchev–Trinajstić information content (AvgIpc) is 2.62. The Kier molecular flexibility index (Phi) is 3.93. The highest BCUT2D eigenvalue weighted by Gasteiger charge is 2.41. The number of hydrogen-bond acceptors (Lipinski definition) is 4. The summed E-state index contributed by atoms with van der Waals surface area (Å²) in [6.45, 7) is 0.994. The van der Waals surface area contributed by atoms with Crippen molar-refractivity contribution in [3.05, 3.63) is 65.0 Å². The zero-order valence-corrected chi connectivity index (χ0v) is 13.0. The Bertz CT molecular complexity index is 802. The van der Waals surface area contributed by atoms with Gasteiger partial charge < -0.3 is 14.8 Å². The smallest absolute Gasteiger partial charge is 0.128 e. The van der Waals surface area contributed by atoms with Crippen LogP contribution in [0.2, 0.25) is 0 Å². The number of ether oxygens (including phenoxy) is 2. The van der Waals surface area contributed by atoms with Gasteiger partial charge >= 0.3 is 0 Å². The summed E-state index contributed by atoms with van der Waals surface area (Å²) in [5.41, 5.74) is 3.39. The first kappa shape index (κ1) is 15.1. The number of benzene rings is 2. The number of nitrogens with zero attached hydrogens (tertiary/aromatic N) is 1. The van der Waals surface area contributed by atoms with Crippen molar-refractivity contribution in [3.8, 4) is 6.07 Å². The number of fused-ring (bicyclic) bond motifs is 3. The summed E-state index contributed by atoms with van der Waals surface area (Å²) in [6, 6.07) is 14.4. The van der Waals surface area contributed by atoms with Crippen LogP contribution in [0.15, 0.2) is 42.5 Å². The first-order valence-corrected chi connectivity index (χ1v) is 8.02. The lowest BCUT2D eigenvalue weighted by Gasteiger charge is -2.43. The van der Waals surface area contributed by atoms with E-state index in [1.54, 1.807) is 12.1 Å². The van der Waals surface area contributed by atoms with E-state index < -0.39 is 0 Å². The first-order valence-electron chi connectivity index (χ1n) is 8.02. The van der Waals surface area contributed by atoms with Crippen molar-refractivity contribution in [3.63, 3.8) is 0 Å². The number of rotatable bonds is 2. The second-order valence-electron chi connectivity index (χ2n) is 6.03. The van der Waals surface area contributed by atoms with Crippen LogP contribution < -0.4 is 5.32 Å². The van der Waals surface area contributed by atoms with Crippen molar-refractivity contribution in [2.24, 2.45) is 0 Å². The van der Waals surface area contributed by atoms with Gasteiger partial charge in [0.1, 0.15) is 18.0 Å². The molecule has 1 saturated heterocycles. The Morgan fingerprint density at radius 3 is 2.79 bits per heavy atom. The molecule has 2 aromatic rings. The molecular weight excluding hydrogens is 307 g/mol. The first-order chi connectivity index (χ1) is 11.8. The minimum Gasteiger partial charge on any atom is -0.375 e. The summed E-state index contributed by atoms with van der Waals surface area (Å²) in [4.78, 5) is 0. The molecule has 0 spiro atoms. The second-order valence-corrected chi connectivity index (χ2v) is 6.03. The lowest BCUT2D eigenvalue weighted by atomic mass is 9.86. The minimum atomic E-state index is -0.314. The standard InChI is InChI=1S/C19H17FN2O2/c20-15-4-2-1-3-13(15)17-19-18(23-9-10-24-19)14-11-12(7-8-21)5-6-16(14)22-17/h1-6,11,17-19,22H,7,9-10H2. The predicted octanol–water partition coefficient (Wildman–Crippen LogP) is 3.52. The van der Waals surface area contributed by atoms with E-state index in [9.17, 15) is 4.39 Å². The number of nitrogens with one attached hydrogen (secondary N) is 1. The van der Waals surface area contributed by atoms with Crippen molar-refractivity contribution in [2.75, 3.05) is 18.5 Å². The zero-order chi connectivity index (χ0) is 16.5. The highest BCUT2D eigenvalue weighted by molar-refractivity contribution is 5.59. The van der Waals surface area contributed by atoms with Crippen LogP contribution in [0.3, 0.4) is 0 Å². The molecule has 0 aromatic heterocycles. The minimum absolute atomic E-state index is 0.257. The SMILES string of the molecule is N#CCc1ccc2c(c1)C1OCCOC1C(c1ccccc1F)N2. The van der Waals surface area contributed by atoms with E-state index in [1.165, 1.54) is 6.07 Å². The van der Waals surface area contributed by atoms with Gasteiger partial charge in [-0.05, 0) is 23.8 Å². The van der Waals surface area contributed by atoms with Gasteiger partial charge in [-0.1, -0.05) is 24.3 Å². The van der Waals surface area contributed by atoms with Crippen molar-refractivity contribution in [2.45, 2.75) is 24.7 Å². The molecule has 0 aliphatic carbocycles. The molecule has 0 amide bonds. The van der Waals surface area contributed by atoms with Crippen LogP contribution in [0.4, 0.5) is 10.1 Å². The Morgan fingerprint density at radius 1 is 1.12 bits per heavy atom. The van der Waals surface area contributed by atoms with E-state index in [0.717, 1.165) is 16.8 Å². The number of anilines is 1. The Balaban J connectivity index is 1.77. The Morgan fingerprint density at radius 2 is 1.96 bits per heavy atom. The summed E-state index contributed by atoms with van der Waals surface area (Å²) in [5.74, 6) is -0.257. The lowest BCUT2D eigenvalue weighted by molar-refractivity contribution is -0.151. The maximum Gasteiger partial charge on any atom is 0.128 e. The molecule has 4 rings (SSSR count). The van der Waals surface area contributed by atoms with E-state index in [1.807, 2.05) is 24.3 Å². The maximum atomic E-state index is 14.3. The van der Waals surface area contributed by atoms with E-state index in [4.69, 9.17) is 14.7 Å². The van der Waals surface area contributed by atoms with Crippen LogP contribution in [0.1, 0.15) is 28.8 Å².